The molecule has 0 saturated carbocycles. The van der Waals surface area contributed by atoms with Crippen LogP contribution in [0.25, 0.3) is 0 Å². The standard InChI is InChI=1S/C9H13N3O/c1-6-4-7(10)8(11-5-6)9(13)12(2)3/h4-5H,10H2,1-3H3. The van der Waals surface area contributed by atoms with Crippen molar-refractivity contribution in [2.75, 3.05) is 19.8 Å². The normalized spacial score (nSPS) is 9.77. The maximum absolute atomic E-state index is 11.5. The van der Waals surface area contributed by atoms with Crippen molar-refractivity contribution in [3.05, 3.63) is 23.5 Å². The minimum absolute atomic E-state index is 0.169. The molecule has 0 bridgehead atoms. The zero-order chi connectivity index (χ0) is 10.0. The highest BCUT2D eigenvalue weighted by molar-refractivity contribution is 5.96. The van der Waals surface area contributed by atoms with E-state index in [0.29, 0.717) is 11.4 Å². The molecule has 1 aromatic rings. The molecule has 0 fully saturated rings. The second-order valence-electron chi connectivity index (χ2n) is 3.15. The Morgan fingerprint density at radius 2 is 2.15 bits per heavy atom. The molecule has 1 amide bonds. The summed E-state index contributed by atoms with van der Waals surface area (Å²) in [5.41, 5.74) is 7.35. The van der Waals surface area contributed by atoms with Crippen molar-refractivity contribution in [2.45, 2.75) is 6.92 Å². The predicted molar refractivity (Wildman–Crippen MR) is 51.4 cm³/mol. The van der Waals surface area contributed by atoms with Crippen molar-refractivity contribution in [3.8, 4) is 0 Å². The smallest absolute Gasteiger partial charge is 0.274 e. The van der Waals surface area contributed by atoms with Crippen LogP contribution in [0.15, 0.2) is 12.3 Å². The Balaban J connectivity index is 3.09. The Bertz CT molecular complexity index is 334. The SMILES string of the molecule is Cc1cnc(C(=O)N(C)C)c(N)c1. The first-order chi connectivity index (χ1) is 6.02. The van der Waals surface area contributed by atoms with E-state index in [-0.39, 0.29) is 5.91 Å². The van der Waals surface area contributed by atoms with Crippen molar-refractivity contribution < 1.29 is 4.79 Å². The Hall–Kier alpha value is -1.58. The van der Waals surface area contributed by atoms with Gasteiger partial charge in [0.1, 0.15) is 0 Å². The van der Waals surface area contributed by atoms with E-state index in [4.69, 9.17) is 5.73 Å². The molecule has 0 unspecified atom stereocenters. The molecule has 4 nitrogen and oxygen atoms in total. The van der Waals surface area contributed by atoms with Crippen LogP contribution in [0.5, 0.6) is 0 Å². The number of rotatable bonds is 1. The number of nitrogens with two attached hydrogens (primary N) is 1. The third kappa shape index (κ3) is 1.96. The minimum atomic E-state index is -0.169. The molecule has 0 spiro atoms. The van der Waals surface area contributed by atoms with Crippen molar-refractivity contribution in [2.24, 2.45) is 0 Å². The molecular formula is C9H13N3O. The lowest BCUT2D eigenvalue weighted by Crippen LogP contribution is -2.24. The van der Waals surface area contributed by atoms with Crippen molar-refractivity contribution >= 4 is 11.6 Å². The lowest BCUT2D eigenvalue weighted by molar-refractivity contribution is 0.0823. The van der Waals surface area contributed by atoms with E-state index in [0.717, 1.165) is 5.56 Å². The van der Waals surface area contributed by atoms with Gasteiger partial charge in [-0.25, -0.2) is 4.98 Å². The second-order valence-corrected chi connectivity index (χ2v) is 3.15. The van der Waals surface area contributed by atoms with Gasteiger partial charge in [-0.15, -0.1) is 0 Å². The molecule has 0 atom stereocenters. The maximum atomic E-state index is 11.5. The van der Waals surface area contributed by atoms with Gasteiger partial charge in [0.2, 0.25) is 0 Å². The summed E-state index contributed by atoms with van der Waals surface area (Å²) >= 11 is 0. The molecule has 0 aliphatic carbocycles. The topological polar surface area (TPSA) is 59.2 Å². The van der Waals surface area contributed by atoms with Gasteiger partial charge in [-0.2, -0.15) is 0 Å². The van der Waals surface area contributed by atoms with E-state index in [2.05, 4.69) is 4.98 Å². The average Bonchev–Trinajstić information content (AvgIpc) is 2.03. The summed E-state index contributed by atoms with van der Waals surface area (Å²) in [6.45, 7) is 1.88. The molecule has 1 rings (SSSR count). The number of pyridine rings is 1. The summed E-state index contributed by atoms with van der Waals surface area (Å²) in [5.74, 6) is -0.169. The van der Waals surface area contributed by atoms with Crippen LogP contribution in [0.2, 0.25) is 0 Å². The molecule has 0 aliphatic rings. The quantitative estimate of drug-likeness (QED) is 0.689. The first-order valence-corrected chi connectivity index (χ1v) is 3.96. The zero-order valence-electron chi connectivity index (χ0n) is 8.03. The van der Waals surface area contributed by atoms with Crippen LogP contribution in [0, 0.1) is 6.92 Å². The fourth-order valence-corrected chi connectivity index (χ4v) is 0.982. The molecule has 0 aromatic carbocycles. The van der Waals surface area contributed by atoms with Gasteiger partial charge in [-0.1, -0.05) is 0 Å². The molecule has 13 heavy (non-hydrogen) atoms. The summed E-state index contributed by atoms with van der Waals surface area (Å²) in [4.78, 5) is 16.9. The predicted octanol–water partition coefficient (Wildman–Crippen LogP) is 0.674. The number of carbonyl (C=O) groups is 1. The molecule has 1 heterocycles. The Morgan fingerprint density at radius 1 is 1.54 bits per heavy atom. The highest BCUT2D eigenvalue weighted by atomic mass is 16.2. The molecule has 70 valence electrons. The minimum Gasteiger partial charge on any atom is -0.397 e. The van der Waals surface area contributed by atoms with Crippen LogP contribution in [0.3, 0.4) is 0 Å². The zero-order valence-corrected chi connectivity index (χ0v) is 8.03. The molecule has 2 N–H and O–H groups in total. The van der Waals surface area contributed by atoms with Gasteiger partial charge in [0.15, 0.2) is 5.69 Å². The summed E-state index contributed by atoms with van der Waals surface area (Å²) < 4.78 is 0. The summed E-state index contributed by atoms with van der Waals surface area (Å²) in [7, 11) is 3.34. The van der Waals surface area contributed by atoms with Crippen LogP contribution >= 0.6 is 0 Å². The van der Waals surface area contributed by atoms with Gasteiger partial charge in [0.05, 0.1) is 5.69 Å². The second kappa shape index (κ2) is 3.43. The highest BCUT2D eigenvalue weighted by Gasteiger charge is 2.12. The number of hydrogen-bond acceptors (Lipinski definition) is 3. The average molecular weight is 179 g/mol. The number of anilines is 1. The molecule has 0 radical (unpaired) electrons. The molecule has 1 aromatic heterocycles. The molecule has 0 saturated heterocycles. The summed E-state index contributed by atoms with van der Waals surface area (Å²) in [5, 5.41) is 0. The number of nitrogens with zero attached hydrogens (tertiary/aromatic N) is 2. The number of nitrogen functional groups attached to an aromatic ring is 1. The first kappa shape index (κ1) is 9.51. The lowest BCUT2D eigenvalue weighted by atomic mass is 10.2. The number of aromatic nitrogens is 1. The van der Waals surface area contributed by atoms with E-state index >= 15 is 0 Å². The fourth-order valence-electron chi connectivity index (χ4n) is 0.982. The van der Waals surface area contributed by atoms with E-state index in [1.54, 1.807) is 26.4 Å². The molecule has 0 aliphatic heterocycles. The third-order valence-corrected chi connectivity index (χ3v) is 1.66. The van der Waals surface area contributed by atoms with Crippen LogP contribution in [0.4, 0.5) is 5.69 Å². The van der Waals surface area contributed by atoms with Gasteiger partial charge in [-0.3, -0.25) is 4.79 Å². The van der Waals surface area contributed by atoms with E-state index in [1.807, 2.05) is 6.92 Å². The monoisotopic (exact) mass is 179 g/mol. The largest absolute Gasteiger partial charge is 0.397 e. The van der Waals surface area contributed by atoms with Crippen molar-refractivity contribution in [1.29, 1.82) is 0 Å². The van der Waals surface area contributed by atoms with Gasteiger partial charge >= 0.3 is 0 Å². The summed E-state index contributed by atoms with van der Waals surface area (Å²) in [6, 6.07) is 1.74. The van der Waals surface area contributed by atoms with Crippen LogP contribution in [-0.2, 0) is 0 Å². The van der Waals surface area contributed by atoms with Crippen LogP contribution in [0.1, 0.15) is 16.1 Å². The van der Waals surface area contributed by atoms with Crippen molar-refractivity contribution in [3.63, 3.8) is 0 Å². The summed E-state index contributed by atoms with van der Waals surface area (Å²) in [6.07, 6.45) is 1.63. The van der Waals surface area contributed by atoms with Crippen LogP contribution < -0.4 is 5.73 Å². The number of carbonyl (C=O) groups excluding carboxylic acids is 1. The van der Waals surface area contributed by atoms with E-state index in [1.165, 1.54) is 4.90 Å². The Labute approximate surface area is 77.4 Å². The van der Waals surface area contributed by atoms with E-state index in [9.17, 15) is 4.79 Å². The van der Waals surface area contributed by atoms with Gasteiger partial charge in [0, 0.05) is 20.3 Å². The molecule has 4 heteroatoms. The maximum Gasteiger partial charge on any atom is 0.274 e. The highest BCUT2D eigenvalue weighted by Crippen LogP contribution is 2.11. The van der Waals surface area contributed by atoms with E-state index < -0.39 is 0 Å². The van der Waals surface area contributed by atoms with Crippen LogP contribution in [-0.4, -0.2) is 29.9 Å². The van der Waals surface area contributed by atoms with Gasteiger partial charge in [0.25, 0.3) is 5.91 Å². The number of hydrogen-bond donors (Lipinski definition) is 1. The lowest BCUT2D eigenvalue weighted by Gasteiger charge is -2.11. The fraction of sp³-hybridized carbons (Fsp3) is 0.333. The Morgan fingerprint density at radius 3 is 2.62 bits per heavy atom. The van der Waals surface area contributed by atoms with Crippen molar-refractivity contribution in [1.82, 2.24) is 9.88 Å². The third-order valence-electron chi connectivity index (χ3n) is 1.66. The molecular weight excluding hydrogens is 166 g/mol. The number of aryl methyl sites for hydroxylation is 1. The first-order valence-electron chi connectivity index (χ1n) is 3.96. The van der Waals surface area contributed by atoms with Gasteiger partial charge in [-0.05, 0) is 18.6 Å². The van der Waals surface area contributed by atoms with Gasteiger partial charge < -0.3 is 10.6 Å². The number of amides is 1. The Kier molecular flexibility index (Phi) is 2.51.